The van der Waals surface area contributed by atoms with E-state index in [1.165, 1.54) is 10.0 Å². The van der Waals surface area contributed by atoms with Crippen molar-refractivity contribution in [2.24, 2.45) is 0 Å². The monoisotopic (exact) mass is 377 g/mol. The van der Waals surface area contributed by atoms with Gasteiger partial charge in [-0.1, -0.05) is 17.7 Å². The van der Waals surface area contributed by atoms with E-state index in [-0.39, 0.29) is 4.90 Å². The van der Waals surface area contributed by atoms with Crippen LogP contribution in [0.4, 0.5) is 0 Å². The van der Waals surface area contributed by atoms with E-state index in [0.29, 0.717) is 10.7 Å². The van der Waals surface area contributed by atoms with Gasteiger partial charge in [0.25, 0.3) is 10.0 Å². The van der Waals surface area contributed by atoms with Gasteiger partial charge in [-0.3, -0.25) is 0 Å². The topological polar surface area (TPSA) is 55.2 Å². The number of benzene rings is 1. The molecule has 25 heavy (non-hydrogen) atoms. The second-order valence-corrected chi connectivity index (χ2v) is 8.52. The van der Waals surface area contributed by atoms with Gasteiger partial charge in [0.2, 0.25) is 0 Å². The molecule has 0 unspecified atom stereocenters. The molecule has 0 N–H and O–H groups in total. The summed E-state index contributed by atoms with van der Waals surface area (Å²) >= 11 is 6.12. The highest BCUT2D eigenvalue weighted by atomic mass is 35.5. The van der Waals surface area contributed by atoms with E-state index >= 15 is 0 Å². The normalized spacial score (nSPS) is 12.2. The average Bonchev–Trinajstić information content (AvgIpc) is 2.95. The first-order valence-electron chi connectivity index (χ1n) is 7.92. The molecular weight excluding hydrogens is 358 g/mol. The second-order valence-electron chi connectivity index (χ2n) is 6.29. The number of nitrogens with zero attached hydrogens (tertiary/aromatic N) is 3. The third-order valence-electron chi connectivity index (χ3n) is 4.14. The molecule has 0 saturated carbocycles. The molecule has 0 atom stereocenters. The summed E-state index contributed by atoms with van der Waals surface area (Å²) in [6, 6.07) is 8.50. The summed E-state index contributed by atoms with van der Waals surface area (Å²) in [7, 11) is 0.211. The van der Waals surface area contributed by atoms with Crippen molar-refractivity contribution in [3.63, 3.8) is 0 Å². The highest BCUT2D eigenvalue weighted by Crippen LogP contribution is 2.27. The maximum atomic E-state index is 13.1. The number of aromatic nitrogens is 2. The van der Waals surface area contributed by atoms with Crippen molar-refractivity contribution in [3.05, 3.63) is 58.9 Å². The Morgan fingerprint density at radius 1 is 1.24 bits per heavy atom. The van der Waals surface area contributed by atoms with Crippen LogP contribution in [0, 0.1) is 6.92 Å². The van der Waals surface area contributed by atoms with Crippen LogP contribution in [0.25, 0.3) is 11.0 Å². The first kappa shape index (κ1) is 17.9. The zero-order valence-corrected chi connectivity index (χ0v) is 16.0. The van der Waals surface area contributed by atoms with Crippen molar-refractivity contribution < 1.29 is 8.42 Å². The van der Waals surface area contributed by atoms with Gasteiger partial charge in [0.1, 0.15) is 0 Å². The van der Waals surface area contributed by atoms with E-state index < -0.39 is 10.0 Å². The molecule has 0 radical (unpaired) electrons. The zero-order valence-electron chi connectivity index (χ0n) is 14.4. The summed E-state index contributed by atoms with van der Waals surface area (Å²) in [6.07, 6.45) is 4.02. The Morgan fingerprint density at radius 3 is 2.68 bits per heavy atom. The standard InChI is InChI=1S/C18H20ClN3O2S/c1-13-6-7-15(11-17(13)19)25(23,24)22-12-14(8-10-21(2)3)16-5-4-9-20-18(16)22/h4-7,9,11-12H,8,10H2,1-3H3. The summed E-state index contributed by atoms with van der Waals surface area (Å²) in [4.78, 5) is 6.52. The van der Waals surface area contributed by atoms with Gasteiger partial charge in [0.15, 0.2) is 5.65 Å². The Kier molecular flexibility index (Phi) is 4.86. The van der Waals surface area contributed by atoms with Gasteiger partial charge < -0.3 is 4.90 Å². The zero-order chi connectivity index (χ0) is 18.2. The Morgan fingerprint density at radius 2 is 2.00 bits per heavy atom. The molecule has 0 amide bonds. The van der Waals surface area contributed by atoms with Gasteiger partial charge in [-0.2, -0.15) is 0 Å². The first-order chi connectivity index (χ1) is 11.8. The van der Waals surface area contributed by atoms with Crippen LogP contribution in [-0.4, -0.2) is 42.9 Å². The minimum absolute atomic E-state index is 0.157. The second kappa shape index (κ2) is 6.78. The lowest BCUT2D eigenvalue weighted by atomic mass is 10.1. The van der Waals surface area contributed by atoms with E-state index in [1.807, 2.05) is 33.2 Å². The lowest BCUT2D eigenvalue weighted by Gasteiger charge is -2.08. The van der Waals surface area contributed by atoms with E-state index in [2.05, 4.69) is 9.88 Å². The molecule has 0 aliphatic carbocycles. The molecular formula is C18H20ClN3O2S. The van der Waals surface area contributed by atoms with Gasteiger partial charge in [-0.05, 0) is 62.8 Å². The number of rotatable bonds is 5. The first-order valence-corrected chi connectivity index (χ1v) is 9.74. The molecule has 1 aromatic carbocycles. The van der Waals surface area contributed by atoms with E-state index in [9.17, 15) is 8.42 Å². The van der Waals surface area contributed by atoms with Crippen LogP contribution in [-0.2, 0) is 16.4 Å². The molecule has 0 aliphatic heterocycles. The van der Waals surface area contributed by atoms with Crippen molar-refractivity contribution in [1.29, 1.82) is 0 Å². The molecule has 2 aromatic heterocycles. The third kappa shape index (κ3) is 3.42. The van der Waals surface area contributed by atoms with Crippen LogP contribution >= 0.6 is 11.6 Å². The summed E-state index contributed by atoms with van der Waals surface area (Å²) in [6.45, 7) is 2.66. The molecule has 3 rings (SSSR count). The molecule has 0 aliphatic rings. The molecule has 2 heterocycles. The van der Waals surface area contributed by atoms with E-state index in [4.69, 9.17) is 11.6 Å². The largest absolute Gasteiger partial charge is 0.309 e. The van der Waals surface area contributed by atoms with Crippen LogP contribution in [0.15, 0.2) is 47.6 Å². The SMILES string of the molecule is Cc1ccc(S(=O)(=O)n2cc(CCN(C)C)c3cccnc32)cc1Cl. The summed E-state index contributed by atoms with van der Waals surface area (Å²) in [5, 5.41) is 1.28. The molecule has 132 valence electrons. The number of halogens is 1. The number of aryl methyl sites for hydroxylation is 1. The quantitative estimate of drug-likeness (QED) is 0.684. The Hall–Kier alpha value is -1.89. The number of hydrogen-bond donors (Lipinski definition) is 0. The average molecular weight is 378 g/mol. The van der Waals surface area contributed by atoms with Crippen molar-refractivity contribution in [1.82, 2.24) is 13.9 Å². The van der Waals surface area contributed by atoms with Crippen molar-refractivity contribution in [2.45, 2.75) is 18.2 Å². The molecule has 0 spiro atoms. The Labute approximate surface area is 152 Å². The van der Waals surface area contributed by atoms with Gasteiger partial charge in [0.05, 0.1) is 4.90 Å². The maximum absolute atomic E-state index is 13.1. The van der Waals surface area contributed by atoms with Crippen LogP contribution in [0.2, 0.25) is 5.02 Å². The summed E-state index contributed by atoms with van der Waals surface area (Å²) in [5.41, 5.74) is 2.23. The van der Waals surface area contributed by atoms with Gasteiger partial charge in [-0.25, -0.2) is 17.4 Å². The number of hydrogen-bond acceptors (Lipinski definition) is 4. The predicted octanol–water partition coefficient (Wildman–Crippen LogP) is 3.34. The molecule has 5 nitrogen and oxygen atoms in total. The lowest BCUT2D eigenvalue weighted by Crippen LogP contribution is -2.15. The van der Waals surface area contributed by atoms with Crippen LogP contribution in [0.1, 0.15) is 11.1 Å². The summed E-state index contributed by atoms with van der Waals surface area (Å²) in [5.74, 6) is 0. The lowest BCUT2D eigenvalue weighted by molar-refractivity contribution is 0.414. The minimum Gasteiger partial charge on any atom is -0.309 e. The molecule has 7 heteroatoms. The Bertz CT molecular complexity index is 1030. The number of pyridine rings is 1. The highest BCUT2D eigenvalue weighted by molar-refractivity contribution is 7.90. The number of likely N-dealkylation sites (N-methyl/N-ethyl adjacent to an activating group) is 1. The van der Waals surface area contributed by atoms with E-state index in [1.54, 1.807) is 24.5 Å². The summed E-state index contributed by atoms with van der Waals surface area (Å²) < 4.78 is 27.5. The van der Waals surface area contributed by atoms with Crippen molar-refractivity contribution >= 4 is 32.7 Å². The van der Waals surface area contributed by atoms with Gasteiger partial charge in [0, 0.05) is 29.3 Å². The van der Waals surface area contributed by atoms with Crippen LogP contribution in [0.5, 0.6) is 0 Å². The van der Waals surface area contributed by atoms with Gasteiger partial charge in [-0.15, -0.1) is 0 Å². The molecule has 0 fully saturated rings. The highest BCUT2D eigenvalue weighted by Gasteiger charge is 2.22. The van der Waals surface area contributed by atoms with Crippen LogP contribution < -0.4 is 0 Å². The van der Waals surface area contributed by atoms with Crippen LogP contribution in [0.3, 0.4) is 0 Å². The Balaban J connectivity index is 2.15. The smallest absolute Gasteiger partial charge is 0.269 e. The number of fused-ring (bicyclic) bond motifs is 1. The van der Waals surface area contributed by atoms with E-state index in [0.717, 1.165) is 29.5 Å². The van der Waals surface area contributed by atoms with Crippen molar-refractivity contribution in [3.8, 4) is 0 Å². The predicted molar refractivity (Wildman–Crippen MR) is 101 cm³/mol. The van der Waals surface area contributed by atoms with Crippen molar-refractivity contribution in [2.75, 3.05) is 20.6 Å². The van der Waals surface area contributed by atoms with Gasteiger partial charge >= 0.3 is 0 Å². The minimum atomic E-state index is -3.77. The fourth-order valence-electron chi connectivity index (χ4n) is 2.67. The fraction of sp³-hybridized carbons (Fsp3) is 0.278. The molecule has 3 aromatic rings. The maximum Gasteiger partial charge on any atom is 0.269 e. The molecule has 0 bridgehead atoms. The molecule has 0 saturated heterocycles. The fourth-order valence-corrected chi connectivity index (χ4v) is 4.29. The third-order valence-corrected chi connectivity index (χ3v) is 6.20.